The number of carbonyl (C=O) groups excluding carboxylic acids is 1. The van der Waals surface area contributed by atoms with Gasteiger partial charge in [-0.25, -0.2) is 4.98 Å². The number of carbonyl (C=O) groups is 2. The number of aliphatic carboxylic acids is 1. The zero-order valence-electron chi connectivity index (χ0n) is 10.2. The van der Waals surface area contributed by atoms with Gasteiger partial charge >= 0.3 is 5.97 Å². The summed E-state index contributed by atoms with van der Waals surface area (Å²) in [6.45, 7) is 0. The Morgan fingerprint density at radius 1 is 1.37 bits per heavy atom. The molecule has 0 bridgehead atoms. The van der Waals surface area contributed by atoms with Crippen molar-refractivity contribution < 1.29 is 24.9 Å². The van der Waals surface area contributed by atoms with E-state index in [1.54, 1.807) is 6.20 Å². The predicted molar refractivity (Wildman–Crippen MR) is 63.9 cm³/mol. The molecule has 19 heavy (non-hydrogen) atoms. The summed E-state index contributed by atoms with van der Waals surface area (Å²) < 4.78 is 0. The third-order valence-corrected chi connectivity index (χ3v) is 2.48. The monoisotopic (exact) mass is 271 g/mol. The lowest BCUT2D eigenvalue weighted by Gasteiger charge is -2.19. The summed E-state index contributed by atoms with van der Waals surface area (Å²) in [6, 6.07) is -0.874. The van der Waals surface area contributed by atoms with Crippen molar-refractivity contribution in [1.29, 1.82) is 0 Å². The molecule has 1 aromatic rings. The van der Waals surface area contributed by atoms with E-state index in [4.69, 9.17) is 5.11 Å². The van der Waals surface area contributed by atoms with Crippen LogP contribution in [-0.2, 0) is 16.0 Å². The Hall–Kier alpha value is -1.93. The molecular weight excluding hydrogens is 254 g/mol. The number of H-pyrrole nitrogens is 1. The van der Waals surface area contributed by atoms with Gasteiger partial charge in [0.05, 0.1) is 18.1 Å². The first-order valence-electron chi connectivity index (χ1n) is 5.84. The van der Waals surface area contributed by atoms with Gasteiger partial charge in [-0.2, -0.15) is 0 Å². The number of hydrogen-bond acceptors (Lipinski definition) is 5. The summed E-state index contributed by atoms with van der Waals surface area (Å²) in [5.74, 6) is -1.39. The van der Waals surface area contributed by atoms with Gasteiger partial charge in [0.1, 0.15) is 0 Å². The fourth-order valence-electron chi connectivity index (χ4n) is 1.54. The Kier molecular flexibility index (Phi) is 5.97. The van der Waals surface area contributed by atoms with E-state index in [-0.39, 0.29) is 25.7 Å². The number of aromatic amines is 1. The molecule has 0 aromatic carbocycles. The van der Waals surface area contributed by atoms with Crippen LogP contribution in [0.3, 0.4) is 0 Å². The molecule has 5 N–H and O–H groups in total. The number of carboxylic acids is 1. The summed E-state index contributed by atoms with van der Waals surface area (Å²) in [4.78, 5) is 28.5. The van der Waals surface area contributed by atoms with E-state index in [2.05, 4.69) is 15.3 Å². The maximum Gasteiger partial charge on any atom is 0.303 e. The van der Waals surface area contributed by atoms with Gasteiger partial charge in [0.2, 0.25) is 5.91 Å². The van der Waals surface area contributed by atoms with E-state index >= 15 is 0 Å². The van der Waals surface area contributed by atoms with E-state index in [0.29, 0.717) is 5.69 Å². The predicted octanol–water partition coefficient (Wildman–Crippen LogP) is -0.997. The van der Waals surface area contributed by atoms with Crippen LogP contribution in [0.15, 0.2) is 12.5 Å². The van der Waals surface area contributed by atoms with Crippen molar-refractivity contribution in [1.82, 2.24) is 15.3 Å². The van der Waals surface area contributed by atoms with Gasteiger partial charge in [-0.05, 0) is 6.42 Å². The highest BCUT2D eigenvalue weighted by molar-refractivity contribution is 5.77. The Balaban J connectivity index is 2.40. The highest BCUT2D eigenvalue weighted by Gasteiger charge is 2.20. The number of amides is 1. The molecule has 0 aliphatic carbocycles. The van der Waals surface area contributed by atoms with E-state index in [9.17, 15) is 19.8 Å². The Morgan fingerprint density at radius 2 is 2.11 bits per heavy atom. The molecule has 1 aromatic heterocycles. The number of aliphatic hydroxyl groups excluding tert-OH is 1. The first-order chi connectivity index (χ1) is 8.99. The van der Waals surface area contributed by atoms with Crippen LogP contribution in [0.25, 0.3) is 0 Å². The molecular formula is C11H17N3O5. The minimum atomic E-state index is -1.71. The second-order valence-corrected chi connectivity index (χ2v) is 4.10. The van der Waals surface area contributed by atoms with Gasteiger partial charge in [0, 0.05) is 25.5 Å². The molecule has 0 saturated carbocycles. The topological polar surface area (TPSA) is 136 Å². The van der Waals surface area contributed by atoms with Crippen LogP contribution >= 0.6 is 0 Å². The van der Waals surface area contributed by atoms with E-state index in [1.807, 2.05) is 0 Å². The average molecular weight is 271 g/mol. The van der Waals surface area contributed by atoms with Gasteiger partial charge in [0.25, 0.3) is 0 Å². The Morgan fingerprint density at radius 3 is 2.63 bits per heavy atom. The molecule has 1 amide bonds. The van der Waals surface area contributed by atoms with Gasteiger partial charge < -0.3 is 25.6 Å². The minimum absolute atomic E-state index is 0.0239. The first kappa shape index (κ1) is 15.1. The number of aromatic nitrogens is 2. The highest BCUT2D eigenvalue weighted by atomic mass is 16.5. The van der Waals surface area contributed by atoms with Crippen LogP contribution in [0.4, 0.5) is 0 Å². The first-order valence-corrected chi connectivity index (χ1v) is 5.84. The van der Waals surface area contributed by atoms with E-state index in [1.165, 1.54) is 6.33 Å². The molecule has 8 heteroatoms. The number of nitrogens with one attached hydrogen (secondary N) is 2. The number of rotatable bonds is 8. The molecule has 0 fully saturated rings. The number of imidazole rings is 1. The largest absolute Gasteiger partial charge is 0.481 e. The number of hydrogen-bond donors (Lipinski definition) is 5. The van der Waals surface area contributed by atoms with Crippen molar-refractivity contribution in [2.24, 2.45) is 0 Å². The Bertz CT molecular complexity index is 404. The van der Waals surface area contributed by atoms with Crippen molar-refractivity contribution in [2.45, 2.75) is 38.0 Å². The molecule has 0 radical (unpaired) electrons. The van der Waals surface area contributed by atoms with Crippen molar-refractivity contribution >= 4 is 11.9 Å². The zero-order chi connectivity index (χ0) is 14.3. The maximum absolute atomic E-state index is 11.5. The SMILES string of the molecule is O=C(O)CCCC(=O)NC(Cc1c[nH]cn1)C(O)O. The lowest BCUT2D eigenvalue weighted by atomic mass is 10.1. The van der Waals surface area contributed by atoms with Crippen LogP contribution in [0.1, 0.15) is 25.0 Å². The fourth-order valence-corrected chi connectivity index (χ4v) is 1.54. The summed E-state index contributed by atoms with van der Waals surface area (Å²) >= 11 is 0. The molecule has 1 rings (SSSR count). The summed E-state index contributed by atoms with van der Waals surface area (Å²) in [7, 11) is 0. The molecule has 1 unspecified atom stereocenters. The van der Waals surface area contributed by atoms with Gasteiger partial charge in [-0.15, -0.1) is 0 Å². The number of nitrogens with zero attached hydrogens (tertiary/aromatic N) is 1. The van der Waals surface area contributed by atoms with Crippen LogP contribution < -0.4 is 5.32 Å². The van der Waals surface area contributed by atoms with Crippen LogP contribution in [0, 0.1) is 0 Å². The minimum Gasteiger partial charge on any atom is -0.481 e. The second-order valence-electron chi connectivity index (χ2n) is 4.10. The second kappa shape index (κ2) is 7.49. The van der Waals surface area contributed by atoms with Crippen LogP contribution in [-0.4, -0.2) is 49.5 Å². The van der Waals surface area contributed by atoms with E-state index in [0.717, 1.165) is 0 Å². The van der Waals surface area contributed by atoms with Gasteiger partial charge in [0.15, 0.2) is 6.29 Å². The third kappa shape index (κ3) is 5.98. The standard InChI is InChI=1S/C11H17N3O5/c15-9(2-1-3-10(16)17)14-8(11(18)19)4-7-5-12-6-13-7/h5-6,8,11,18-19H,1-4H2,(H,12,13)(H,14,15)(H,16,17). The number of aliphatic hydroxyl groups is 2. The summed E-state index contributed by atoms with van der Waals surface area (Å²) in [6.07, 6.45) is 1.63. The van der Waals surface area contributed by atoms with Crippen molar-refractivity contribution in [2.75, 3.05) is 0 Å². The van der Waals surface area contributed by atoms with E-state index < -0.39 is 24.2 Å². The fraction of sp³-hybridized carbons (Fsp3) is 0.545. The molecule has 106 valence electrons. The smallest absolute Gasteiger partial charge is 0.303 e. The van der Waals surface area contributed by atoms with Crippen LogP contribution in [0.2, 0.25) is 0 Å². The molecule has 0 aliphatic rings. The molecule has 8 nitrogen and oxygen atoms in total. The van der Waals surface area contributed by atoms with Crippen molar-refractivity contribution in [3.8, 4) is 0 Å². The summed E-state index contributed by atoms with van der Waals surface area (Å²) in [5, 5.41) is 29.3. The molecule has 0 aliphatic heterocycles. The average Bonchev–Trinajstić information content (AvgIpc) is 2.80. The lowest BCUT2D eigenvalue weighted by molar-refractivity contribution is -0.137. The Labute approximate surface area is 109 Å². The quantitative estimate of drug-likeness (QED) is 0.385. The van der Waals surface area contributed by atoms with Crippen molar-refractivity contribution in [3.05, 3.63) is 18.2 Å². The normalized spacial score (nSPS) is 12.4. The van der Waals surface area contributed by atoms with Gasteiger partial charge in [-0.1, -0.05) is 0 Å². The van der Waals surface area contributed by atoms with Crippen molar-refractivity contribution in [3.63, 3.8) is 0 Å². The van der Waals surface area contributed by atoms with Gasteiger partial charge in [-0.3, -0.25) is 9.59 Å². The third-order valence-electron chi connectivity index (χ3n) is 2.48. The number of carboxylic acid groups (broad SMARTS) is 1. The van der Waals surface area contributed by atoms with Crippen LogP contribution in [0.5, 0.6) is 0 Å². The zero-order valence-corrected chi connectivity index (χ0v) is 10.2. The molecule has 1 heterocycles. The highest BCUT2D eigenvalue weighted by Crippen LogP contribution is 2.03. The lowest BCUT2D eigenvalue weighted by Crippen LogP contribution is -2.44. The maximum atomic E-state index is 11.5. The summed E-state index contributed by atoms with van der Waals surface area (Å²) in [5.41, 5.74) is 0.587. The molecule has 0 spiro atoms. The molecule has 0 saturated heterocycles. The molecule has 1 atom stereocenters.